The van der Waals surface area contributed by atoms with Gasteiger partial charge in [0.05, 0.1) is 4.88 Å². The van der Waals surface area contributed by atoms with Gasteiger partial charge in [-0.3, -0.25) is 4.79 Å². The molecule has 8 heteroatoms. The van der Waals surface area contributed by atoms with E-state index in [-0.39, 0.29) is 5.78 Å². The summed E-state index contributed by atoms with van der Waals surface area (Å²) in [5, 5.41) is 0. The van der Waals surface area contributed by atoms with E-state index >= 15 is 0 Å². The van der Waals surface area contributed by atoms with Crippen LogP contribution in [0.25, 0.3) is 25.6 Å². The first-order valence-electron chi connectivity index (χ1n) is 10.0. The van der Waals surface area contributed by atoms with Gasteiger partial charge in [0.2, 0.25) is 0 Å². The van der Waals surface area contributed by atoms with Crippen molar-refractivity contribution in [1.29, 1.82) is 0 Å². The van der Waals surface area contributed by atoms with E-state index in [4.69, 9.17) is 32.0 Å². The minimum atomic E-state index is -2.04. The lowest BCUT2D eigenvalue weighted by atomic mass is 10.2. The fourth-order valence-electron chi connectivity index (χ4n) is 3.02. The molecule has 170 valence electrons. The van der Waals surface area contributed by atoms with E-state index in [1.54, 1.807) is 34.8 Å². The maximum absolute atomic E-state index is 12.5. The second-order valence-corrected chi connectivity index (χ2v) is 18.0. The van der Waals surface area contributed by atoms with Crippen LogP contribution in [0.15, 0.2) is 85.0 Å². The van der Waals surface area contributed by atoms with Crippen LogP contribution in [-0.2, 0) is 6.42 Å². The van der Waals surface area contributed by atoms with Gasteiger partial charge >= 0.3 is 0 Å². The van der Waals surface area contributed by atoms with E-state index in [1.165, 1.54) is 26.0 Å². The van der Waals surface area contributed by atoms with Crippen LogP contribution < -0.4 is 0 Å². The molecule has 0 saturated carbocycles. The van der Waals surface area contributed by atoms with E-state index in [0.29, 0.717) is 5.75 Å². The molecule has 0 aliphatic rings. The van der Waals surface area contributed by atoms with E-state index < -0.39 is 7.67 Å². The second-order valence-electron chi connectivity index (χ2n) is 7.04. The van der Waals surface area contributed by atoms with Gasteiger partial charge in [0, 0.05) is 30.1 Å². The Hall–Kier alpha value is -1.31. The average Bonchev–Trinajstić information content (AvgIpc) is 3.55. The molecule has 1 aromatic carbocycles. The van der Waals surface area contributed by atoms with Crippen LogP contribution in [0, 0.1) is 0 Å². The summed E-state index contributed by atoms with van der Waals surface area (Å²) in [6.45, 7) is 0. The zero-order chi connectivity index (χ0) is 23.3. The zero-order valence-electron chi connectivity index (χ0n) is 17.2. The van der Waals surface area contributed by atoms with E-state index in [9.17, 15) is 4.79 Å². The van der Waals surface area contributed by atoms with Crippen LogP contribution in [0.1, 0.15) is 20.1 Å². The van der Waals surface area contributed by atoms with Crippen molar-refractivity contribution in [2.45, 2.75) is 6.42 Å². The highest BCUT2D eigenvalue weighted by atomic mass is 36.2. The molecule has 0 aliphatic carbocycles. The Kier molecular flexibility index (Phi) is 8.58. The van der Waals surface area contributed by atoms with Crippen LogP contribution in [0.3, 0.4) is 0 Å². The summed E-state index contributed by atoms with van der Waals surface area (Å²) < 4.78 is 0. The molecule has 0 amide bonds. The molecule has 4 aromatic rings. The van der Waals surface area contributed by atoms with Gasteiger partial charge in [-0.2, -0.15) is 0 Å². The maximum Gasteiger partial charge on any atom is 0.195 e. The highest BCUT2D eigenvalue weighted by Crippen LogP contribution is 2.63. The number of aryl methyl sites for hydroxylation is 1. The fourth-order valence-corrected chi connectivity index (χ4v) is 7.42. The predicted octanol–water partition coefficient (Wildman–Crippen LogP) is 10.5. The lowest BCUT2D eigenvalue weighted by molar-refractivity contribution is 0.105. The van der Waals surface area contributed by atoms with Gasteiger partial charge in [-0.05, 0) is 94.2 Å². The maximum atomic E-state index is 12.5. The molecule has 0 saturated heterocycles. The highest BCUT2D eigenvalue weighted by Gasteiger charge is 2.15. The second kappa shape index (κ2) is 11.4. The van der Waals surface area contributed by atoms with Crippen molar-refractivity contribution >= 4 is 85.6 Å². The molecule has 0 atom stereocenters. The molecule has 0 radical (unpaired) electrons. The molecule has 0 spiro atoms. The summed E-state index contributed by atoms with van der Waals surface area (Å²) in [5.41, 5.74) is 1.10. The van der Waals surface area contributed by atoms with Crippen molar-refractivity contribution in [3.63, 3.8) is 0 Å². The minimum absolute atomic E-state index is 0.0136. The Morgan fingerprint density at radius 2 is 1.39 bits per heavy atom. The fraction of sp³-hybridized carbons (Fsp3) is 0.0800. The standard InChI is InChI=1S/C25H19Cl3OS4/c26-33(27,28)17-16-19-10-11-22(30-19)23-14-15-25(32-23)24-13-12-21(31-24)20(29)9-5-4-8-18-6-2-1-3-7-18/h1-15H,16-17H2/b8-4+,9-5+. The summed E-state index contributed by atoms with van der Waals surface area (Å²) in [5.74, 6) is 0.593. The van der Waals surface area contributed by atoms with Crippen LogP contribution in [0.2, 0.25) is 0 Å². The number of carbonyl (C=O) groups excluding carboxylic acids is 1. The smallest absolute Gasteiger partial charge is 0.195 e. The molecule has 0 unspecified atom stereocenters. The molecule has 0 bridgehead atoms. The van der Waals surface area contributed by atoms with E-state index in [1.807, 2.05) is 54.6 Å². The first-order chi connectivity index (χ1) is 15.9. The van der Waals surface area contributed by atoms with E-state index in [2.05, 4.69) is 24.3 Å². The van der Waals surface area contributed by atoms with Crippen LogP contribution in [0.4, 0.5) is 0 Å². The number of hydrogen-bond donors (Lipinski definition) is 0. The minimum Gasteiger partial charge on any atom is -0.288 e. The average molecular weight is 570 g/mol. The van der Waals surface area contributed by atoms with Crippen molar-refractivity contribution < 1.29 is 4.79 Å². The van der Waals surface area contributed by atoms with Crippen molar-refractivity contribution in [2.24, 2.45) is 0 Å². The molecule has 1 nitrogen and oxygen atoms in total. The van der Waals surface area contributed by atoms with Gasteiger partial charge in [0.25, 0.3) is 0 Å². The SMILES string of the molecule is O=C(/C=C/C=C/c1ccccc1)c1ccc(-c2ccc(-c3ccc(CCS(Cl)(Cl)Cl)s3)s2)s1. The number of rotatable bonds is 9. The summed E-state index contributed by atoms with van der Waals surface area (Å²) in [7, 11) is 15.8. The molecule has 33 heavy (non-hydrogen) atoms. The normalized spacial score (nSPS) is 12.7. The number of benzene rings is 1. The summed E-state index contributed by atoms with van der Waals surface area (Å²) in [6.07, 6.45) is 8.04. The van der Waals surface area contributed by atoms with Crippen molar-refractivity contribution in [3.05, 3.63) is 100 Å². The first kappa shape index (κ1) is 24.8. The monoisotopic (exact) mass is 568 g/mol. The van der Waals surface area contributed by atoms with Gasteiger partial charge in [-0.1, -0.05) is 48.6 Å². The number of halogens is 3. The number of thiophene rings is 3. The summed E-state index contributed by atoms with van der Waals surface area (Å²) in [6, 6.07) is 22.4. The lowest BCUT2D eigenvalue weighted by Crippen LogP contribution is -1.87. The first-order valence-corrected chi connectivity index (χ1v) is 16.7. The summed E-state index contributed by atoms with van der Waals surface area (Å²) in [4.78, 5) is 19.1. The topological polar surface area (TPSA) is 17.1 Å². The summed E-state index contributed by atoms with van der Waals surface area (Å²) >= 11 is 4.98. The third kappa shape index (κ3) is 7.33. The number of ketones is 1. The van der Waals surface area contributed by atoms with Crippen molar-refractivity contribution in [1.82, 2.24) is 0 Å². The Morgan fingerprint density at radius 1 is 0.758 bits per heavy atom. The van der Waals surface area contributed by atoms with Gasteiger partial charge in [0.15, 0.2) is 5.78 Å². The van der Waals surface area contributed by atoms with Crippen LogP contribution >= 0.6 is 73.7 Å². The van der Waals surface area contributed by atoms with Crippen molar-refractivity contribution in [2.75, 3.05) is 5.75 Å². The molecule has 3 aromatic heterocycles. The third-order valence-electron chi connectivity index (χ3n) is 4.63. The Morgan fingerprint density at radius 3 is 2.12 bits per heavy atom. The molecule has 0 N–H and O–H groups in total. The Labute approximate surface area is 220 Å². The molecule has 4 rings (SSSR count). The zero-order valence-corrected chi connectivity index (χ0v) is 22.8. The molecule has 3 heterocycles. The van der Waals surface area contributed by atoms with Gasteiger partial charge < -0.3 is 0 Å². The van der Waals surface area contributed by atoms with Gasteiger partial charge in [-0.25, -0.2) is 0 Å². The van der Waals surface area contributed by atoms with Crippen LogP contribution in [-0.4, -0.2) is 11.5 Å². The van der Waals surface area contributed by atoms with Gasteiger partial charge in [0.1, 0.15) is 0 Å². The molecular weight excluding hydrogens is 551 g/mol. The quantitative estimate of drug-likeness (QED) is 0.111. The molecular formula is C25H19Cl3OS4. The largest absolute Gasteiger partial charge is 0.288 e. The lowest BCUT2D eigenvalue weighted by Gasteiger charge is -2.13. The Balaban J connectivity index is 1.39. The number of carbonyl (C=O) groups is 1. The molecule has 0 fully saturated rings. The van der Waals surface area contributed by atoms with Gasteiger partial charge in [-0.15, -0.1) is 34.0 Å². The molecule has 0 aliphatic heterocycles. The predicted molar refractivity (Wildman–Crippen MR) is 154 cm³/mol. The number of allylic oxidation sites excluding steroid dienone is 3. The van der Waals surface area contributed by atoms with Crippen molar-refractivity contribution in [3.8, 4) is 19.5 Å². The number of hydrogen-bond acceptors (Lipinski definition) is 4. The Bertz CT molecular complexity index is 1280. The highest BCUT2D eigenvalue weighted by molar-refractivity contribution is 8.79. The third-order valence-corrected chi connectivity index (χ3v) is 10.4. The van der Waals surface area contributed by atoms with E-state index in [0.717, 1.165) is 26.6 Å². The van der Waals surface area contributed by atoms with Crippen LogP contribution in [0.5, 0.6) is 0 Å².